The summed E-state index contributed by atoms with van der Waals surface area (Å²) in [7, 11) is 0. The fraction of sp³-hybridized carbons (Fsp3) is 0.600. The van der Waals surface area contributed by atoms with Gasteiger partial charge < -0.3 is 4.74 Å². The normalized spacial score (nSPS) is 16.8. The van der Waals surface area contributed by atoms with Gasteiger partial charge in [0.25, 0.3) is 0 Å². The third-order valence-electron chi connectivity index (χ3n) is 3.58. The summed E-state index contributed by atoms with van der Waals surface area (Å²) in [6.45, 7) is 2.35. The highest BCUT2D eigenvalue weighted by molar-refractivity contribution is 5.33. The molecule has 0 bridgehead atoms. The van der Waals surface area contributed by atoms with Crippen molar-refractivity contribution in [2.75, 3.05) is 6.61 Å². The third-order valence-corrected chi connectivity index (χ3v) is 3.58. The van der Waals surface area contributed by atoms with E-state index in [2.05, 4.69) is 0 Å². The van der Waals surface area contributed by atoms with E-state index in [0.717, 1.165) is 32.1 Å². The molecule has 0 atom stereocenters. The smallest absolute Gasteiger partial charge is 0.200 e. The van der Waals surface area contributed by atoms with Crippen molar-refractivity contribution < 1.29 is 13.5 Å². The topological polar surface area (TPSA) is 9.23 Å². The molecule has 1 aliphatic rings. The second-order valence-corrected chi connectivity index (χ2v) is 4.96. The number of hydrogen-bond donors (Lipinski definition) is 0. The Bertz CT molecular complexity index is 398. The zero-order chi connectivity index (χ0) is 13.0. The lowest BCUT2D eigenvalue weighted by atomic mass is 9.84. The van der Waals surface area contributed by atoms with Crippen molar-refractivity contribution in [3.63, 3.8) is 0 Å². The maximum atomic E-state index is 14.0. The van der Waals surface area contributed by atoms with Gasteiger partial charge in [0.15, 0.2) is 11.6 Å². The SMILES string of the molecule is CCCOc1ccc(C2CCCCC2)c(F)c1F. The van der Waals surface area contributed by atoms with E-state index in [9.17, 15) is 8.78 Å². The van der Waals surface area contributed by atoms with E-state index in [0.29, 0.717) is 12.2 Å². The van der Waals surface area contributed by atoms with Gasteiger partial charge in [-0.15, -0.1) is 0 Å². The highest BCUT2D eigenvalue weighted by Gasteiger charge is 2.22. The molecule has 0 saturated heterocycles. The molecule has 0 heterocycles. The van der Waals surface area contributed by atoms with Crippen LogP contribution in [0.3, 0.4) is 0 Å². The number of hydrogen-bond acceptors (Lipinski definition) is 1. The predicted molar refractivity (Wildman–Crippen MR) is 68.0 cm³/mol. The van der Waals surface area contributed by atoms with E-state index < -0.39 is 11.6 Å². The van der Waals surface area contributed by atoms with Crippen LogP contribution in [0.1, 0.15) is 56.9 Å². The molecule has 0 spiro atoms. The molecular weight excluding hydrogens is 234 g/mol. The minimum Gasteiger partial charge on any atom is -0.490 e. The molecule has 0 N–H and O–H groups in total. The summed E-state index contributed by atoms with van der Waals surface area (Å²) in [6, 6.07) is 3.26. The molecule has 2 rings (SSSR count). The fourth-order valence-corrected chi connectivity index (χ4v) is 2.60. The van der Waals surface area contributed by atoms with Crippen LogP contribution in [0.15, 0.2) is 12.1 Å². The summed E-state index contributed by atoms with van der Waals surface area (Å²) in [5.41, 5.74) is 0.524. The fourth-order valence-electron chi connectivity index (χ4n) is 2.60. The van der Waals surface area contributed by atoms with Crippen LogP contribution in [0.5, 0.6) is 5.75 Å². The average Bonchev–Trinajstić information content (AvgIpc) is 2.41. The van der Waals surface area contributed by atoms with Crippen LogP contribution in [0.4, 0.5) is 8.78 Å². The van der Waals surface area contributed by atoms with Crippen LogP contribution in [0.2, 0.25) is 0 Å². The van der Waals surface area contributed by atoms with Gasteiger partial charge in [0.2, 0.25) is 5.82 Å². The number of benzene rings is 1. The molecule has 0 aliphatic heterocycles. The molecule has 1 aromatic rings. The van der Waals surface area contributed by atoms with Crippen LogP contribution in [0, 0.1) is 11.6 Å². The van der Waals surface area contributed by atoms with Gasteiger partial charge in [-0.3, -0.25) is 0 Å². The maximum Gasteiger partial charge on any atom is 0.200 e. The lowest BCUT2D eigenvalue weighted by Crippen LogP contribution is -2.09. The number of rotatable bonds is 4. The second-order valence-electron chi connectivity index (χ2n) is 4.96. The van der Waals surface area contributed by atoms with E-state index in [-0.39, 0.29) is 11.7 Å². The predicted octanol–water partition coefficient (Wildman–Crippen LogP) is 4.80. The van der Waals surface area contributed by atoms with E-state index in [1.807, 2.05) is 6.92 Å². The first kappa shape index (κ1) is 13.3. The standard InChI is InChI=1S/C15H20F2O/c1-2-10-18-13-9-8-12(14(16)15(13)17)11-6-4-3-5-7-11/h8-9,11H,2-7,10H2,1H3. The zero-order valence-electron chi connectivity index (χ0n) is 10.8. The number of halogens is 2. The molecule has 1 saturated carbocycles. The van der Waals surface area contributed by atoms with Crippen LogP contribution >= 0.6 is 0 Å². The average molecular weight is 254 g/mol. The summed E-state index contributed by atoms with van der Waals surface area (Å²) in [6.07, 6.45) is 6.14. The lowest BCUT2D eigenvalue weighted by molar-refractivity contribution is 0.293. The van der Waals surface area contributed by atoms with Crippen molar-refractivity contribution >= 4 is 0 Å². The summed E-state index contributed by atoms with van der Waals surface area (Å²) >= 11 is 0. The van der Waals surface area contributed by atoms with Gasteiger partial charge in [-0.05, 0) is 36.8 Å². The quantitative estimate of drug-likeness (QED) is 0.749. The van der Waals surface area contributed by atoms with Crippen molar-refractivity contribution in [1.82, 2.24) is 0 Å². The van der Waals surface area contributed by atoms with Gasteiger partial charge in [-0.2, -0.15) is 4.39 Å². The first-order valence-corrected chi connectivity index (χ1v) is 6.84. The Morgan fingerprint density at radius 3 is 2.50 bits per heavy atom. The molecule has 3 heteroatoms. The van der Waals surface area contributed by atoms with Gasteiger partial charge in [0.05, 0.1) is 6.61 Å². The Balaban J connectivity index is 2.19. The summed E-state index contributed by atoms with van der Waals surface area (Å²) in [5.74, 6) is -1.33. The summed E-state index contributed by atoms with van der Waals surface area (Å²) < 4.78 is 33.1. The van der Waals surface area contributed by atoms with Gasteiger partial charge in [0.1, 0.15) is 0 Å². The Morgan fingerprint density at radius 1 is 1.11 bits per heavy atom. The van der Waals surface area contributed by atoms with E-state index >= 15 is 0 Å². The van der Waals surface area contributed by atoms with Gasteiger partial charge >= 0.3 is 0 Å². The summed E-state index contributed by atoms with van der Waals surface area (Å²) in [5, 5.41) is 0. The van der Waals surface area contributed by atoms with Gasteiger partial charge in [-0.1, -0.05) is 32.3 Å². The van der Waals surface area contributed by atoms with Gasteiger partial charge in [0, 0.05) is 0 Å². The monoisotopic (exact) mass is 254 g/mol. The molecule has 18 heavy (non-hydrogen) atoms. The first-order valence-electron chi connectivity index (χ1n) is 6.84. The highest BCUT2D eigenvalue weighted by atomic mass is 19.2. The molecule has 1 fully saturated rings. The van der Waals surface area contributed by atoms with E-state index in [1.165, 1.54) is 6.42 Å². The Labute approximate surface area is 107 Å². The van der Waals surface area contributed by atoms with Crippen LogP contribution in [0.25, 0.3) is 0 Å². The van der Waals surface area contributed by atoms with Crippen molar-refractivity contribution in [2.45, 2.75) is 51.4 Å². The zero-order valence-corrected chi connectivity index (χ0v) is 10.8. The van der Waals surface area contributed by atoms with Crippen molar-refractivity contribution in [3.8, 4) is 5.75 Å². The van der Waals surface area contributed by atoms with E-state index in [4.69, 9.17) is 4.74 Å². The summed E-state index contributed by atoms with van der Waals surface area (Å²) in [4.78, 5) is 0. The maximum absolute atomic E-state index is 14.0. The van der Waals surface area contributed by atoms with Crippen molar-refractivity contribution in [2.24, 2.45) is 0 Å². The third kappa shape index (κ3) is 2.82. The largest absolute Gasteiger partial charge is 0.490 e. The lowest BCUT2D eigenvalue weighted by Gasteiger charge is -2.23. The molecule has 1 nitrogen and oxygen atoms in total. The Hall–Kier alpha value is -1.12. The first-order chi connectivity index (χ1) is 8.74. The van der Waals surface area contributed by atoms with Crippen LogP contribution in [-0.2, 0) is 0 Å². The second kappa shape index (κ2) is 6.17. The van der Waals surface area contributed by atoms with Crippen LogP contribution < -0.4 is 4.74 Å². The Morgan fingerprint density at radius 2 is 1.83 bits per heavy atom. The van der Waals surface area contributed by atoms with E-state index in [1.54, 1.807) is 12.1 Å². The minimum absolute atomic E-state index is 0.0360. The minimum atomic E-state index is -0.827. The Kier molecular flexibility index (Phi) is 4.56. The number of ether oxygens (including phenoxy) is 1. The molecule has 1 aliphatic carbocycles. The van der Waals surface area contributed by atoms with Crippen molar-refractivity contribution in [3.05, 3.63) is 29.3 Å². The molecule has 0 unspecified atom stereocenters. The molecule has 0 aromatic heterocycles. The molecule has 100 valence electrons. The van der Waals surface area contributed by atoms with Crippen molar-refractivity contribution in [1.29, 1.82) is 0 Å². The molecule has 1 aromatic carbocycles. The molecule has 0 radical (unpaired) electrons. The highest BCUT2D eigenvalue weighted by Crippen LogP contribution is 2.36. The van der Waals surface area contributed by atoms with Gasteiger partial charge in [-0.25, -0.2) is 4.39 Å². The molecule has 0 amide bonds. The molecular formula is C15H20F2O. The van der Waals surface area contributed by atoms with Crippen LogP contribution in [-0.4, -0.2) is 6.61 Å².